The summed E-state index contributed by atoms with van der Waals surface area (Å²) >= 11 is 5.94. The first-order valence-electron chi connectivity index (χ1n) is 18.9. The summed E-state index contributed by atoms with van der Waals surface area (Å²) < 4.78 is 20.4. The van der Waals surface area contributed by atoms with Crippen LogP contribution in [0.15, 0.2) is 37.6 Å². The third-order valence-electron chi connectivity index (χ3n) is 10.9. The zero-order valence-corrected chi connectivity index (χ0v) is 34.4. The number of rotatable bonds is 9. The third kappa shape index (κ3) is 7.97. The van der Waals surface area contributed by atoms with E-state index in [1.165, 1.54) is 79.5 Å². The molecule has 0 bridgehead atoms. The first-order chi connectivity index (χ1) is 30.0. The van der Waals surface area contributed by atoms with Crippen molar-refractivity contribution in [2.75, 3.05) is 37.9 Å². The molecule has 3 fully saturated rings. The standard InChI is InChI=1S/C12H17N5O5.C11H13ClN4O4.C11H15N5O5/c1-12(20)8(19)7(4-18)22-11(12)17-10-6(3-15-17)9(16-21-2)13-5-14-10;1-11(19)7(18)6(3-17)20-10(11)16-9-5(2-15-16)8(12)13-4-14-9;1-11(19)7(18)6(3-17)21-10(11)16-9-5(2-14-16)8(15-20)12-4-13-9/h3,5,7-8,11,18-20H,4H2,1-2H3,(H,13,14,16);2,4,6-7,10,17-19H,3H2,1H3;2,4,6-7,10,17-20H,3H2,1H3,(H,12,13,15)/t7?,8?,11?,12-;2*6?,7?,10?,11-/m111/s1. The summed E-state index contributed by atoms with van der Waals surface area (Å²) in [4.78, 5) is 28.8. The second kappa shape index (κ2) is 17.9. The fourth-order valence-corrected chi connectivity index (χ4v) is 7.56. The van der Waals surface area contributed by atoms with Gasteiger partial charge >= 0.3 is 0 Å². The fourth-order valence-electron chi connectivity index (χ4n) is 7.39. The van der Waals surface area contributed by atoms with Crippen LogP contribution in [0.3, 0.4) is 0 Å². The van der Waals surface area contributed by atoms with Gasteiger partial charge in [0.15, 0.2) is 47.3 Å². The number of nitrogens with zero attached hydrogens (tertiary/aromatic N) is 12. The van der Waals surface area contributed by atoms with Gasteiger partial charge < -0.3 is 60.2 Å². The van der Waals surface area contributed by atoms with E-state index in [0.29, 0.717) is 38.9 Å². The minimum absolute atomic E-state index is 0.156. The second-order valence-electron chi connectivity index (χ2n) is 15.1. The topological polar surface area (TPSA) is 394 Å². The van der Waals surface area contributed by atoms with Gasteiger partial charge in [-0.2, -0.15) is 15.3 Å². The zero-order valence-electron chi connectivity index (χ0n) is 33.6. The van der Waals surface area contributed by atoms with Gasteiger partial charge in [0.1, 0.15) is 77.6 Å². The van der Waals surface area contributed by atoms with Gasteiger partial charge in [-0.1, -0.05) is 11.6 Å². The summed E-state index contributed by atoms with van der Waals surface area (Å²) in [5.41, 5.74) is 0.690. The van der Waals surface area contributed by atoms with Crippen LogP contribution in [0, 0.1) is 0 Å². The molecule has 63 heavy (non-hydrogen) atoms. The summed E-state index contributed by atoms with van der Waals surface area (Å²) in [7, 11) is 1.45. The number of aliphatic hydroxyl groups excluding tert-OH is 6. The molecule has 0 spiro atoms. The predicted molar refractivity (Wildman–Crippen MR) is 210 cm³/mol. The fraction of sp³-hybridized carbons (Fsp3) is 0.559. The highest BCUT2D eigenvalue weighted by atomic mass is 35.5. The van der Waals surface area contributed by atoms with E-state index in [1.54, 1.807) is 0 Å². The van der Waals surface area contributed by atoms with E-state index in [9.17, 15) is 40.9 Å². The molecule has 9 rings (SSSR count). The minimum atomic E-state index is -1.66. The maximum absolute atomic E-state index is 10.5. The average molecular weight is 909 g/mol. The van der Waals surface area contributed by atoms with E-state index in [2.05, 4.69) is 50.7 Å². The Labute approximate surface area is 358 Å². The summed E-state index contributed by atoms with van der Waals surface area (Å²) in [6.07, 6.45) is -1.38. The van der Waals surface area contributed by atoms with Crippen molar-refractivity contribution in [3.05, 3.63) is 42.7 Å². The molecule has 0 amide bonds. The lowest BCUT2D eigenvalue weighted by Crippen LogP contribution is -2.44. The van der Waals surface area contributed by atoms with E-state index in [1.807, 2.05) is 5.48 Å². The Balaban J connectivity index is 0.000000142. The van der Waals surface area contributed by atoms with Crippen LogP contribution < -0.4 is 11.0 Å². The van der Waals surface area contributed by atoms with E-state index < -0.39 is 91.9 Å². The molecule has 3 aliphatic rings. The predicted octanol–water partition coefficient (Wildman–Crippen LogP) is -3.09. The molecule has 12 atom stereocenters. The van der Waals surface area contributed by atoms with Gasteiger partial charge in [0.25, 0.3) is 0 Å². The van der Waals surface area contributed by atoms with E-state index in [4.69, 9.17) is 41.0 Å². The number of ether oxygens (including phenoxy) is 3. The lowest BCUT2D eigenvalue weighted by Gasteiger charge is -2.26. The summed E-state index contributed by atoms with van der Waals surface area (Å²) in [6, 6.07) is 0. The Morgan fingerprint density at radius 3 is 1.32 bits per heavy atom. The molecular formula is C34H45ClN14O14. The highest BCUT2D eigenvalue weighted by Crippen LogP contribution is 2.42. The number of nitrogens with one attached hydrogen (secondary N) is 2. The molecule has 12 N–H and O–H groups in total. The molecule has 3 aliphatic heterocycles. The lowest BCUT2D eigenvalue weighted by molar-refractivity contribution is -0.100. The average Bonchev–Trinajstić information content (AvgIpc) is 4.11. The highest BCUT2D eigenvalue weighted by Gasteiger charge is 2.56. The van der Waals surface area contributed by atoms with Crippen molar-refractivity contribution in [2.45, 2.75) is 92.9 Å². The first kappa shape index (κ1) is 46.0. The monoisotopic (exact) mass is 908 g/mol. The van der Waals surface area contributed by atoms with Gasteiger partial charge in [-0.05, 0) is 20.8 Å². The van der Waals surface area contributed by atoms with Crippen LogP contribution in [0.1, 0.15) is 39.5 Å². The Bertz CT molecular complexity index is 2520. The number of hydrogen-bond donors (Lipinski definition) is 12. The molecule has 0 aliphatic carbocycles. The summed E-state index contributed by atoms with van der Waals surface area (Å²) in [5.74, 6) is 0.568. The molecule has 28 nitrogen and oxygen atoms in total. The van der Waals surface area contributed by atoms with Crippen LogP contribution in [0.2, 0.25) is 5.15 Å². The normalized spacial score (nSPS) is 32.8. The van der Waals surface area contributed by atoms with E-state index in [-0.39, 0.29) is 11.0 Å². The molecule has 9 heterocycles. The van der Waals surface area contributed by atoms with Crippen molar-refractivity contribution in [1.82, 2.24) is 59.2 Å². The van der Waals surface area contributed by atoms with Crippen molar-refractivity contribution in [3.63, 3.8) is 0 Å². The van der Waals surface area contributed by atoms with Crippen molar-refractivity contribution in [1.29, 1.82) is 0 Å². The number of fused-ring (bicyclic) bond motifs is 3. The number of hydrogen-bond acceptors (Lipinski definition) is 25. The van der Waals surface area contributed by atoms with Crippen LogP contribution >= 0.6 is 11.6 Å². The zero-order chi connectivity index (χ0) is 45.6. The molecular weight excluding hydrogens is 864 g/mol. The maximum Gasteiger partial charge on any atom is 0.183 e. The first-order valence-corrected chi connectivity index (χ1v) is 19.2. The molecule has 342 valence electrons. The van der Waals surface area contributed by atoms with Gasteiger partial charge in [0, 0.05) is 0 Å². The van der Waals surface area contributed by atoms with Gasteiger partial charge in [-0.15, -0.1) is 0 Å². The van der Waals surface area contributed by atoms with Crippen molar-refractivity contribution in [3.8, 4) is 0 Å². The van der Waals surface area contributed by atoms with Gasteiger partial charge in [0.05, 0.1) is 61.7 Å². The third-order valence-corrected chi connectivity index (χ3v) is 11.2. The van der Waals surface area contributed by atoms with E-state index in [0.717, 1.165) is 0 Å². The van der Waals surface area contributed by atoms with Crippen LogP contribution in [0.25, 0.3) is 33.1 Å². The van der Waals surface area contributed by atoms with Crippen LogP contribution in [0.5, 0.6) is 0 Å². The highest BCUT2D eigenvalue weighted by molar-refractivity contribution is 6.33. The Morgan fingerprint density at radius 2 is 0.952 bits per heavy atom. The number of halogens is 1. The lowest BCUT2D eigenvalue weighted by atomic mass is 9.97. The molecule has 0 aromatic carbocycles. The van der Waals surface area contributed by atoms with Gasteiger partial charge in [-0.3, -0.25) is 15.5 Å². The molecule has 0 radical (unpaired) electrons. The van der Waals surface area contributed by atoms with Crippen molar-refractivity contribution in [2.24, 2.45) is 0 Å². The Hall–Kier alpha value is -5.02. The molecule has 6 aromatic rings. The quantitative estimate of drug-likeness (QED) is 0.0505. The van der Waals surface area contributed by atoms with Crippen LogP contribution in [-0.4, -0.2) is 191 Å². The molecule has 3 saturated heterocycles. The molecule has 6 aromatic heterocycles. The molecule has 9 unspecified atom stereocenters. The van der Waals surface area contributed by atoms with E-state index >= 15 is 0 Å². The number of anilines is 2. The maximum atomic E-state index is 10.5. The smallest absolute Gasteiger partial charge is 0.183 e. The van der Waals surface area contributed by atoms with Crippen LogP contribution in [-0.2, 0) is 19.0 Å². The minimum Gasteiger partial charge on any atom is -0.394 e. The van der Waals surface area contributed by atoms with Gasteiger partial charge in [0.2, 0.25) is 0 Å². The Kier molecular flexibility index (Phi) is 13.0. The molecule has 29 heteroatoms. The number of aliphatic hydroxyl groups is 9. The van der Waals surface area contributed by atoms with Crippen molar-refractivity contribution < 1.29 is 70.2 Å². The summed E-state index contributed by atoms with van der Waals surface area (Å²) in [6.45, 7) is 2.94. The SMILES string of the molecule is CONc1ncnc2c1cnn2C1OC(CO)C(O)[C@@]1(C)O.C[C@@]1(O)C(O)C(CO)OC1n1ncc2c(Cl)ncnc21.C[C@@]1(O)C(O)C(CO)OC1n1ncc2c(NO)ncnc21. The van der Waals surface area contributed by atoms with Crippen molar-refractivity contribution >= 4 is 56.3 Å². The summed E-state index contributed by atoms with van der Waals surface area (Å²) in [5, 5.41) is 112. The Morgan fingerprint density at radius 1 is 0.603 bits per heavy atom. The molecule has 0 saturated carbocycles. The van der Waals surface area contributed by atoms with Gasteiger partial charge in [-0.25, -0.2) is 49.4 Å². The van der Waals surface area contributed by atoms with Crippen LogP contribution in [0.4, 0.5) is 11.6 Å². The second-order valence-corrected chi connectivity index (χ2v) is 15.5. The largest absolute Gasteiger partial charge is 0.394 e. The number of aromatic nitrogens is 12.